The van der Waals surface area contributed by atoms with Crippen molar-refractivity contribution in [2.45, 2.75) is 19.9 Å². The van der Waals surface area contributed by atoms with Crippen LogP contribution in [-0.4, -0.2) is 14.7 Å². The molecule has 4 rings (SSSR count). The minimum absolute atomic E-state index is 0.0658. The molecule has 0 radical (unpaired) electrons. The second-order valence-electron chi connectivity index (χ2n) is 6.26. The maximum absolute atomic E-state index is 14.3. The van der Waals surface area contributed by atoms with Gasteiger partial charge in [-0.15, -0.1) is 0 Å². The highest BCUT2D eigenvalue weighted by atomic mass is 19.1. The number of aryl methyl sites for hydroxylation is 1. The van der Waals surface area contributed by atoms with E-state index in [1.807, 2.05) is 6.92 Å². The third-order valence-corrected chi connectivity index (χ3v) is 4.54. The molecule has 2 aromatic carbocycles. The molecule has 0 bridgehead atoms. The van der Waals surface area contributed by atoms with E-state index in [1.54, 1.807) is 29.0 Å². The molecule has 0 atom stereocenters. The molecule has 6 heteroatoms. The van der Waals surface area contributed by atoms with Crippen LogP contribution in [0.5, 0.6) is 5.88 Å². The molecule has 132 valence electrons. The van der Waals surface area contributed by atoms with Crippen LogP contribution < -0.4 is 5.73 Å². The number of rotatable bonds is 3. The minimum atomic E-state index is -0.536. The van der Waals surface area contributed by atoms with Gasteiger partial charge in [-0.05, 0) is 24.6 Å². The van der Waals surface area contributed by atoms with Crippen LogP contribution in [-0.2, 0) is 6.54 Å². The maximum atomic E-state index is 14.3. The first kappa shape index (κ1) is 16.3. The normalized spacial score (nSPS) is 11.5. The number of pyridine rings is 1. The Balaban J connectivity index is 2.08. The number of hydrogen-bond acceptors (Lipinski definition) is 3. The summed E-state index contributed by atoms with van der Waals surface area (Å²) in [4.78, 5) is 4.60. The number of aromatic hydroxyl groups is 1. The van der Waals surface area contributed by atoms with E-state index in [0.29, 0.717) is 39.6 Å². The van der Waals surface area contributed by atoms with Crippen LogP contribution in [0.15, 0.2) is 42.6 Å². The van der Waals surface area contributed by atoms with Crippen LogP contribution in [0.25, 0.3) is 32.9 Å². The van der Waals surface area contributed by atoms with Crippen LogP contribution in [0.3, 0.4) is 0 Å². The van der Waals surface area contributed by atoms with Gasteiger partial charge in [0.1, 0.15) is 11.6 Å². The van der Waals surface area contributed by atoms with E-state index in [-0.39, 0.29) is 11.4 Å². The SMILES string of the molecule is CCCn1cc2nc3c(-c4cc(F)ccc4F)cccc3c(N)c2c1O. The number of anilines is 1. The van der Waals surface area contributed by atoms with Crippen LogP contribution in [0.4, 0.5) is 14.5 Å². The molecular formula is C20H17F2N3O. The fourth-order valence-corrected chi connectivity index (χ4v) is 3.34. The van der Waals surface area contributed by atoms with Gasteiger partial charge in [0.2, 0.25) is 5.88 Å². The van der Waals surface area contributed by atoms with Crippen molar-refractivity contribution in [1.82, 2.24) is 9.55 Å². The zero-order valence-electron chi connectivity index (χ0n) is 14.1. The number of nitrogens with two attached hydrogens (primary N) is 1. The Kier molecular flexibility index (Phi) is 3.76. The van der Waals surface area contributed by atoms with Gasteiger partial charge >= 0.3 is 0 Å². The highest BCUT2D eigenvalue weighted by molar-refractivity contribution is 6.12. The number of fused-ring (bicyclic) bond motifs is 2. The van der Waals surface area contributed by atoms with Crippen molar-refractivity contribution in [2.75, 3.05) is 5.73 Å². The molecule has 2 aromatic heterocycles. The van der Waals surface area contributed by atoms with Gasteiger partial charge in [0.05, 0.1) is 22.1 Å². The lowest BCUT2D eigenvalue weighted by atomic mass is 10.00. The second kappa shape index (κ2) is 5.98. The van der Waals surface area contributed by atoms with Crippen LogP contribution >= 0.6 is 0 Å². The molecule has 4 nitrogen and oxygen atoms in total. The first-order valence-corrected chi connectivity index (χ1v) is 8.36. The highest BCUT2D eigenvalue weighted by Crippen LogP contribution is 2.39. The molecule has 0 fully saturated rings. The molecule has 0 aliphatic rings. The summed E-state index contributed by atoms with van der Waals surface area (Å²) in [7, 11) is 0. The summed E-state index contributed by atoms with van der Waals surface area (Å²) >= 11 is 0. The number of benzene rings is 2. The lowest BCUT2D eigenvalue weighted by Gasteiger charge is -2.10. The number of nitrogen functional groups attached to an aromatic ring is 1. The van der Waals surface area contributed by atoms with E-state index in [2.05, 4.69) is 4.98 Å². The van der Waals surface area contributed by atoms with Crippen LogP contribution in [0.1, 0.15) is 13.3 Å². The molecule has 3 N–H and O–H groups in total. The summed E-state index contributed by atoms with van der Waals surface area (Å²) < 4.78 is 29.6. The van der Waals surface area contributed by atoms with Gasteiger partial charge in [-0.2, -0.15) is 0 Å². The molecule has 0 spiro atoms. The molecule has 4 aromatic rings. The molecule has 0 unspecified atom stereocenters. The predicted molar refractivity (Wildman–Crippen MR) is 99.0 cm³/mol. The first-order valence-electron chi connectivity index (χ1n) is 8.36. The third kappa shape index (κ3) is 2.37. The number of halogens is 2. The van der Waals surface area contributed by atoms with Crippen LogP contribution in [0, 0.1) is 11.6 Å². The van der Waals surface area contributed by atoms with Crippen molar-refractivity contribution >= 4 is 27.5 Å². The fraction of sp³-hybridized carbons (Fsp3) is 0.150. The molecule has 0 aliphatic heterocycles. The van der Waals surface area contributed by atoms with Crippen molar-refractivity contribution in [1.29, 1.82) is 0 Å². The van der Waals surface area contributed by atoms with Crippen molar-refractivity contribution < 1.29 is 13.9 Å². The second-order valence-corrected chi connectivity index (χ2v) is 6.26. The summed E-state index contributed by atoms with van der Waals surface area (Å²) in [5.41, 5.74) is 8.24. The topological polar surface area (TPSA) is 64.1 Å². The van der Waals surface area contributed by atoms with E-state index >= 15 is 0 Å². The summed E-state index contributed by atoms with van der Waals surface area (Å²) in [6, 6.07) is 8.47. The zero-order chi connectivity index (χ0) is 18.4. The Bertz CT molecular complexity index is 1150. The van der Waals surface area contributed by atoms with Gasteiger partial charge in [-0.3, -0.25) is 0 Å². The fourth-order valence-electron chi connectivity index (χ4n) is 3.34. The van der Waals surface area contributed by atoms with Crippen molar-refractivity contribution in [3.05, 3.63) is 54.2 Å². The van der Waals surface area contributed by atoms with E-state index in [4.69, 9.17) is 5.73 Å². The van der Waals surface area contributed by atoms with Gasteiger partial charge in [0.15, 0.2) is 0 Å². The van der Waals surface area contributed by atoms with Crippen LogP contribution in [0.2, 0.25) is 0 Å². The molecule has 0 saturated heterocycles. The molecule has 0 amide bonds. The molecular weight excluding hydrogens is 336 g/mol. The largest absolute Gasteiger partial charge is 0.494 e. The van der Waals surface area contributed by atoms with E-state index in [9.17, 15) is 13.9 Å². The summed E-state index contributed by atoms with van der Waals surface area (Å²) in [5.74, 6) is -0.999. The van der Waals surface area contributed by atoms with Crippen molar-refractivity contribution in [3.8, 4) is 17.0 Å². The molecule has 0 aliphatic carbocycles. The summed E-state index contributed by atoms with van der Waals surface area (Å²) in [6.07, 6.45) is 2.57. The Morgan fingerprint density at radius 3 is 2.73 bits per heavy atom. The van der Waals surface area contributed by atoms with Gasteiger partial charge in [0.25, 0.3) is 0 Å². The van der Waals surface area contributed by atoms with Crippen molar-refractivity contribution in [2.24, 2.45) is 0 Å². The average molecular weight is 353 g/mol. The standard InChI is InChI=1S/C20H17F2N3O/c1-2-8-25-10-16-17(20(25)26)18(23)13-5-3-4-12(19(13)24-16)14-9-11(21)6-7-15(14)22/h3-7,9-10,26H,2,8,23H2,1H3. The Labute approximate surface area is 148 Å². The van der Waals surface area contributed by atoms with Gasteiger partial charge < -0.3 is 15.4 Å². The smallest absolute Gasteiger partial charge is 0.202 e. The predicted octanol–water partition coefficient (Wildman–Crippen LogP) is 4.83. The maximum Gasteiger partial charge on any atom is 0.202 e. The Hall–Kier alpha value is -3.15. The monoisotopic (exact) mass is 353 g/mol. The highest BCUT2D eigenvalue weighted by Gasteiger charge is 2.18. The molecule has 26 heavy (non-hydrogen) atoms. The zero-order valence-corrected chi connectivity index (χ0v) is 14.1. The van der Waals surface area contributed by atoms with Gasteiger partial charge in [0, 0.05) is 29.3 Å². The van der Waals surface area contributed by atoms with Gasteiger partial charge in [-0.1, -0.05) is 25.1 Å². The van der Waals surface area contributed by atoms with E-state index < -0.39 is 11.6 Å². The van der Waals surface area contributed by atoms with E-state index in [1.165, 1.54) is 0 Å². The van der Waals surface area contributed by atoms with Gasteiger partial charge in [-0.25, -0.2) is 13.8 Å². The molecule has 0 saturated carbocycles. The number of para-hydroxylation sites is 1. The summed E-state index contributed by atoms with van der Waals surface area (Å²) in [6.45, 7) is 2.63. The molecule has 2 heterocycles. The third-order valence-electron chi connectivity index (χ3n) is 4.54. The number of aromatic nitrogens is 2. The van der Waals surface area contributed by atoms with E-state index in [0.717, 1.165) is 24.6 Å². The number of hydrogen-bond donors (Lipinski definition) is 2. The average Bonchev–Trinajstić information content (AvgIpc) is 2.93. The Morgan fingerprint density at radius 2 is 1.96 bits per heavy atom. The number of nitrogens with zero attached hydrogens (tertiary/aromatic N) is 2. The lowest BCUT2D eigenvalue weighted by Crippen LogP contribution is -1.95. The first-order chi connectivity index (χ1) is 12.5. The lowest BCUT2D eigenvalue weighted by molar-refractivity contribution is 0.421. The van der Waals surface area contributed by atoms with Crippen molar-refractivity contribution in [3.63, 3.8) is 0 Å². The Morgan fingerprint density at radius 1 is 1.15 bits per heavy atom. The minimum Gasteiger partial charge on any atom is -0.494 e. The quantitative estimate of drug-likeness (QED) is 0.554. The summed E-state index contributed by atoms with van der Waals surface area (Å²) in [5, 5.41) is 11.5.